The molecule has 128 valence electrons. The number of thiophene rings is 1. The highest BCUT2D eigenvalue weighted by molar-refractivity contribution is 7.14. The van der Waals surface area contributed by atoms with Gasteiger partial charge in [0.05, 0.1) is 11.5 Å². The normalized spacial score (nSPS) is 10.3. The molecule has 2 amide bonds. The minimum atomic E-state index is -0.509. The van der Waals surface area contributed by atoms with Crippen LogP contribution in [0.3, 0.4) is 0 Å². The fraction of sp³-hybridized carbons (Fsp3) is 0.333. The van der Waals surface area contributed by atoms with Crippen molar-refractivity contribution in [2.45, 2.75) is 34.1 Å². The minimum absolute atomic E-state index is 0.140. The van der Waals surface area contributed by atoms with Crippen molar-refractivity contribution in [2.24, 2.45) is 0 Å². The molecular formula is C18H22N2O3S. The van der Waals surface area contributed by atoms with Gasteiger partial charge in [-0.25, -0.2) is 4.79 Å². The van der Waals surface area contributed by atoms with E-state index in [0.29, 0.717) is 22.9 Å². The number of anilines is 2. The van der Waals surface area contributed by atoms with Crippen LogP contribution >= 0.6 is 11.3 Å². The summed E-state index contributed by atoms with van der Waals surface area (Å²) in [5.74, 6) is -0.140. The topological polar surface area (TPSA) is 67.4 Å². The molecule has 0 aliphatic heterocycles. The second-order valence-corrected chi connectivity index (χ2v) is 6.58. The van der Waals surface area contributed by atoms with Crippen LogP contribution in [0, 0.1) is 13.8 Å². The molecular weight excluding hydrogens is 324 g/mol. The molecule has 0 saturated heterocycles. The minimum Gasteiger partial charge on any atom is -0.450 e. The molecule has 0 bridgehead atoms. The number of hydrogen-bond donors (Lipinski definition) is 2. The molecule has 0 saturated carbocycles. The Kier molecular flexibility index (Phi) is 5.98. The Morgan fingerprint density at radius 2 is 1.79 bits per heavy atom. The number of carbonyl (C=O) groups excluding carboxylic acids is 2. The molecule has 1 aromatic carbocycles. The van der Waals surface area contributed by atoms with Gasteiger partial charge in [0.1, 0.15) is 0 Å². The van der Waals surface area contributed by atoms with Crippen LogP contribution in [0.2, 0.25) is 0 Å². The molecule has 6 heteroatoms. The van der Waals surface area contributed by atoms with E-state index in [1.807, 2.05) is 26.0 Å². The van der Waals surface area contributed by atoms with Gasteiger partial charge in [-0.05, 0) is 56.5 Å². The van der Waals surface area contributed by atoms with E-state index in [-0.39, 0.29) is 5.91 Å². The highest BCUT2D eigenvalue weighted by Crippen LogP contribution is 2.26. The second-order valence-electron chi connectivity index (χ2n) is 5.32. The van der Waals surface area contributed by atoms with Gasteiger partial charge >= 0.3 is 6.09 Å². The maximum absolute atomic E-state index is 12.5. The van der Waals surface area contributed by atoms with Gasteiger partial charge in [-0.3, -0.25) is 10.1 Å². The van der Waals surface area contributed by atoms with Crippen LogP contribution < -0.4 is 10.6 Å². The zero-order valence-electron chi connectivity index (χ0n) is 14.4. The van der Waals surface area contributed by atoms with E-state index in [4.69, 9.17) is 4.74 Å². The van der Waals surface area contributed by atoms with E-state index in [1.165, 1.54) is 16.9 Å². The Balaban J connectivity index is 2.17. The first kappa shape index (κ1) is 18.0. The fourth-order valence-electron chi connectivity index (χ4n) is 2.35. The van der Waals surface area contributed by atoms with Gasteiger partial charge in [-0.2, -0.15) is 0 Å². The Labute approximate surface area is 146 Å². The van der Waals surface area contributed by atoms with Gasteiger partial charge < -0.3 is 10.1 Å². The van der Waals surface area contributed by atoms with Crippen LogP contribution in [0.1, 0.15) is 39.5 Å². The van der Waals surface area contributed by atoms with E-state index < -0.39 is 6.09 Å². The molecule has 0 spiro atoms. The Hall–Kier alpha value is -2.34. The van der Waals surface area contributed by atoms with Crippen molar-refractivity contribution in [3.05, 3.63) is 45.1 Å². The Bertz CT molecular complexity index is 753. The summed E-state index contributed by atoms with van der Waals surface area (Å²) in [5, 5.41) is 5.59. The molecule has 1 aromatic heterocycles. The third-order valence-corrected chi connectivity index (χ3v) is 4.81. The summed E-state index contributed by atoms with van der Waals surface area (Å²) < 4.78 is 4.88. The number of hydrogen-bond acceptors (Lipinski definition) is 4. The summed E-state index contributed by atoms with van der Waals surface area (Å²) in [7, 11) is 0. The molecule has 0 fully saturated rings. The van der Waals surface area contributed by atoms with Crippen molar-refractivity contribution >= 4 is 34.7 Å². The van der Waals surface area contributed by atoms with Crippen molar-refractivity contribution in [1.82, 2.24) is 0 Å². The van der Waals surface area contributed by atoms with Gasteiger partial charge in [0.2, 0.25) is 0 Å². The van der Waals surface area contributed by atoms with E-state index in [2.05, 4.69) is 17.6 Å². The van der Waals surface area contributed by atoms with E-state index >= 15 is 0 Å². The second kappa shape index (κ2) is 7.97. The number of benzene rings is 1. The zero-order valence-corrected chi connectivity index (χ0v) is 15.2. The lowest BCUT2D eigenvalue weighted by Crippen LogP contribution is -2.16. The molecule has 0 aliphatic carbocycles. The van der Waals surface area contributed by atoms with Crippen molar-refractivity contribution < 1.29 is 14.3 Å². The lowest BCUT2D eigenvalue weighted by Gasteiger charge is -2.13. The maximum atomic E-state index is 12.5. The van der Waals surface area contributed by atoms with Gasteiger partial charge in [-0.1, -0.05) is 13.0 Å². The highest BCUT2D eigenvalue weighted by Gasteiger charge is 2.14. The average molecular weight is 346 g/mol. The van der Waals surface area contributed by atoms with Crippen LogP contribution in [0.4, 0.5) is 16.2 Å². The molecule has 2 rings (SSSR count). The van der Waals surface area contributed by atoms with E-state index in [0.717, 1.165) is 16.9 Å². The SMILES string of the molecule is CCOC(=O)Nc1cccc(NC(=O)c2cc(CC)c(C)s2)c1C. The number of ether oxygens (including phenoxy) is 1. The quantitative estimate of drug-likeness (QED) is 0.821. The van der Waals surface area contributed by atoms with Gasteiger partial charge in [0, 0.05) is 16.3 Å². The monoisotopic (exact) mass is 346 g/mol. The summed E-state index contributed by atoms with van der Waals surface area (Å²) in [4.78, 5) is 25.9. The standard InChI is InChI=1S/C18H22N2O3S/c1-5-13-10-16(24-12(13)4)17(21)19-14-8-7-9-15(11(14)3)20-18(22)23-6-2/h7-10H,5-6H2,1-4H3,(H,19,21)(H,20,22). The molecule has 5 nitrogen and oxygen atoms in total. The van der Waals surface area contributed by atoms with Crippen LogP contribution in [0.25, 0.3) is 0 Å². The molecule has 0 unspecified atom stereocenters. The molecule has 24 heavy (non-hydrogen) atoms. The molecule has 0 radical (unpaired) electrons. The first-order valence-electron chi connectivity index (χ1n) is 7.90. The number of amides is 2. The maximum Gasteiger partial charge on any atom is 0.411 e. The highest BCUT2D eigenvalue weighted by atomic mass is 32.1. The lowest BCUT2D eigenvalue weighted by molar-refractivity contribution is 0.103. The molecule has 2 aromatic rings. The number of nitrogens with one attached hydrogen (secondary N) is 2. The summed E-state index contributed by atoms with van der Waals surface area (Å²) in [6.07, 6.45) is 0.402. The van der Waals surface area contributed by atoms with Gasteiger partial charge in [0.25, 0.3) is 5.91 Å². The predicted octanol–water partition coefficient (Wildman–Crippen LogP) is 4.75. The fourth-order valence-corrected chi connectivity index (χ4v) is 3.36. The summed E-state index contributed by atoms with van der Waals surface area (Å²) in [6, 6.07) is 7.30. The smallest absolute Gasteiger partial charge is 0.411 e. The van der Waals surface area contributed by atoms with Crippen molar-refractivity contribution in [1.29, 1.82) is 0 Å². The zero-order chi connectivity index (χ0) is 17.7. The molecule has 0 aliphatic rings. The number of carbonyl (C=O) groups is 2. The number of rotatable bonds is 5. The van der Waals surface area contributed by atoms with Gasteiger partial charge in [0.15, 0.2) is 0 Å². The van der Waals surface area contributed by atoms with Crippen LogP contribution in [-0.2, 0) is 11.2 Å². The third-order valence-electron chi connectivity index (χ3n) is 3.72. The summed E-state index contributed by atoms with van der Waals surface area (Å²) >= 11 is 1.49. The van der Waals surface area contributed by atoms with Crippen LogP contribution in [-0.4, -0.2) is 18.6 Å². The average Bonchev–Trinajstić information content (AvgIpc) is 2.92. The molecule has 2 N–H and O–H groups in total. The Morgan fingerprint density at radius 3 is 2.38 bits per heavy atom. The van der Waals surface area contributed by atoms with Crippen LogP contribution in [0.15, 0.2) is 24.3 Å². The van der Waals surface area contributed by atoms with E-state index in [9.17, 15) is 9.59 Å². The molecule has 1 heterocycles. The first-order chi connectivity index (χ1) is 11.5. The predicted molar refractivity (Wildman–Crippen MR) is 98.2 cm³/mol. The first-order valence-corrected chi connectivity index (χ1v) is 8.71. The Morgan fingerprint density at radius 1 is 1.12 bits per heavy atom. The largest absolute Gasteiger partial charge is 0.450 e. The van der Waals surface area contributed by atoms with Gasteiger partial charge in [-0.15, -0.1) is 11.3 Å². The van der Waals surface area contributed by atoms with E-state index in [1.54, 1.807) is 19.1 Å². The molecule has 0 atom stereocenters. The van der Waals surface area contributed by atoms with Crippen molar-refractivity contribution in [3.63, 3.8) is 0 Å². The summed E-state index contributed by atoms with van der Waals surface area (Å²) in [6.45, 7) is 7.99. The van der Waals surface area contributed by atoms with Crippen molar-refractivity contribution in [2.75, 3.05) is 17.2 Å². The van der Waals surface area contributed by atoms with Crippen molar-refractivity contribution in [3.8, 4) is 0 Å². The number of aryl methyl sites for hydroxylation is 2. The third kappa shape index (κ3) is 4.14. The lowest BCUT2D eigenvalue weighted by atomic mass is 10.1. The summed E-state index contributed by atoms with van der Waals surface area (Å²) in [5.41, 5.74) is 3.25. The van der Waals surface area contributed by atoms with Crippen LogP contribution in [0.5, 0.6) is 0 Å².